The van der Waals surface area contributed by atoms with E-state index >= 15 is 0 Å². The van der Waals surface area contributed by atoms with Crippen molar-refractivity contribution in [1.29, 1.82) is 0 Å². The van der Waals surface area contributed by atoms with Gasteiger partial charge in [0, 0.05) is 11.6 Å². The number of piperidine rings is 1. The zero-order chi connectivity index (χ0) is 16.7. The maximum absolute atomic E-state index is 5.99. The lowest BCUT2D eigenvalue weighted by Crippen LogP contribution is -2.39. The number of nitrogens with one attached hydrogen (secondary N) is 1. The van der Waals surface area contributed by atoms with E-state index in [4.69, 9.17) is 10.5 Å². The van der Waals surface area contributed by atoms with E-state index in [2.05, 4.69) is 41.2 Å². The summed E-state index contributed by atoms with van der Waals surface area (Å²) in [7, 11) is 1.73. The zero-order valence-corrected chi connectivity index (χ0v) is 17.3. The molecule has 1 fully saturated rings. The van der Waals surface area contributed by atoms with Crippen LogP contribution in [-0.2, 0) is 0 Å². The number of para-hydroxylation sites is 1. The summed E-state index contributed by atoms with van der Waals surface area (Å²) in [5.74, 6) is 1.44. The lowest BCUT2D eigenvalue weighted by atomic mass is 10.0. The van der Waals surface area contributed by atoms with Crippen LogP contribution in [0.3, 0.4) is 0 Å². The third kappa shape index (κ3) is 6.12. The first-order chi connectivity index (χ1) is 11.1. The number of nitrogens with zero attached hydrogens (tertiary/aromatic N) is 2. The topological polar surface area (TPSA) is 62.9 Å². The SMILES string of the molecule is COc1ccccc1C(CN=C(N)NC(C)C)N1CCCCC1.I. The van der Waals surface area contributed by atoms with Crippen molar-refractivity contribution < 1.29 is 4.74 Å². The van der Waals surface area contributed by atoms with E-state index < -0.39 is 0 Å². The van der Waals surface area contributed by atoms with Gasteiger partial charge >= 0.3 is 0 Å². The zero-order valence-electron chi connectivity index (χ0n) is 15.0. The van der Waals surface area contributed by atoms with Crippen molar-refractivity contribution in [2.75, 3.05) is 26.7 Å². The maximum atomic E-state index is 5.99. The molecule has 1 aliphatic heterocycles. The number of rotatable bonds is 6. The number of halogens is 1. The molecule has 0 aliphatic carbocycles. The molecule has 1 unspecified atom stereocenters. The summed E-state index contributed by atoms with van der Waals surface area (Å²) in [6, 6.07) is 8.73. The molecule has 2 rings (SSSR count). The molecule has 6 heteroatoms. The molecule has 1 heterocycles. The van der Waals surface area contributed by atoms with Gasteiger partial charge in [0.15, 0.2) is 5.96 Å². The monoisotopic (exact) mass is 446 g/mol. The first-order valence-corrected chi connectivity index (χ1v) is 8.55. The molecular formula is C18H31IN4O. The molecule has 24 heavy (non-hydrogen) atoms. The molecule has 0 bridgehead atoms. The molecule has 0 radical (unpaired) electrons. The van der Waals surface area contributed by atoms with Gasteiger partial charge in [-0.2, -0.15) is 0 Å². The number of benzene rings is 1. The average molecular weight is 446 g/mol. The Balaban J connectivity index is 0.00000288. The van der Waals surface area contributed by atoms with Crippen molar-refractivity contribution in [3.8, 4) is 5.75 Å². The van der Waals surface area contributed by atoms with Crippen molar-refractivity contribution in [2.45, 2.75) is 45.2 Å². The summed E-state index contributed by atoms with van der Waals surface area (Å²) >= 11 is 0. The summed E-state index contributed by atoms with van der Waals surface area (Å²) in [5, 5.41) is 3.16. The smallest absolute Gasteiger partial charge is 0.188 e. The molecule has 1 aromatic rings. The second-order valence-corrected chi connectivity index (χ2v) is 6.38. The highest BCUT2D eigenvalue weighted by molar-refractivity contribution is 14.0. The first kappa shape index (κ1) is 21.0. The van der Waals surface area contributed by atoms with Crippen LogP contribution >= 0.6 is 24.0 Å². The van der Waals surface area contributed by atoms with Crippen LogP contribution in [-0.4, -0.2) is 43.6 Å². The Hall–Kier alpha value is -1.02. The third-order valence-electron chi connectivity index (χ3n) is 4.20. The van der Waals surface area contributed by atoms with Crippen molar-refractivity contribution in [3.05, 3.63) is 29.8 Å². The van der Waals surface area contributed by atoms with Gasteiger partial charge in [-0.25, -0.2) is 0 Å². The highest BCUT2D eigenvalue weighted by Gasteiger charge is 2.24. The van der Waals surface area contributed by atoms with Crippen molar-refractivity contribution in [3.63, 3.8) is 0 Å². The number of ether oxygens (including phenoxy) is 1. The van der Waals surface area contributed by atoms with Gasteiger partial charge in [0.25, 0.3) is 0 Å². The molecule has 0 aromatic heterocycles. The Labute approximate surface area is 163 Å². The van der Waals surface area contributed by atoms with Gasteiger partial charge in [0.05, 0.1) is 19.7 Å². The number of nitrogens with two attached hydrogens (primary N) is 1. The molecule has 1 aliphatic rings. The van der Waals surface area contributed by atoms with Crippen molar-refractivity contribution >= 4 is 29.9 Å². The molecule has 3 N–H and O–H groups in total. The van der Waals surface area contributed by atoms with E-state index in [9.17, 15) is 0 Å². The molecule has 0 spiro atoms. The van der Waals surface area contributed by atoms with Crippen molar-refractivity contribution in [2.24, 2.45) is 10.7 Å². The van der Waals surface area contributed by atoms with Gasteiger partial charge in [0.1, 0.15) is 5.75 Å². The van der Waals surface area contributed by atoms with Crippen LogP contribution in [0.15, 0.2) is 29.3 Å². The predicted molar refractivity (Wildman–Crippen MR) is 111 cm³/mol. The summed E-state index contributed by atoms with van der Waals surface area (Å²) < 4.78 is 5.57. The largest absolute Gasteiger partial charge is 0.496 e. The van der Waals surface area contributed by atoms with Crippen LogP contribution < -0.4 is 15.8 Å². The highest BCUT2D eigenvalue weighted by Crippen LogP contribution is 2.31. The highest BCUT2D eigenvalue weighted by atomic mass is 127. The van der Waals surface area contributed by atoms with Gasteiger partial charge in [0.2, 0.25) is 0 Å². The Morgan fingerprint density at radius 3 is 2.54 bits per heavy atom. The lowest BCUT2D eigenvalue weighted by molar-refractivity contribution is 0.165. The average Bonchev–Trinajstić information content (AvgIpc) is 2.56. The number of methoxy groups -OCH3 is 1. The fourth-order valence-corrected chi connectivity index (χ4v) is 3.11. The Kier molecular flexibility index (Phi) is 9.43. The summed E-state index contributed by atoms with van der Waals surface area (Å²) in [6.45, 7) is 6.98. The third-order valence-corrected chi connectivity index (χ3v) is 4.20. The van der Waals surface area contributed by atoms with E-state index in [-0.39, 0.29) is 30.0 Å². The van der Waals surface area contributed by atoms with Crippen molar-refractivity contribution in [1.82, 2.24) is 10.2 Å². The van der Waals surface area contributed by atoms with Crippen LogP contribution in [0.4, 0.5) is 0 Å². The minimum atomic E-state index is 0. The molecule has 0 amide bonds. The van der Waals surface area contributed by atoms with Gasteiger partial charge in [-0.15, -0.1) is 24.0 Å². The van der Waals surface area contributed by atoms with E-state index in [1.54, 1.807) is 7.11 Å². The number of likely N-dealkylation sites (tertiary alicyclic amines) is 1. The van der Waals surface area contributed by atoms with Crippen LogP contribution in [0.25, 0.3) is 0 Å². The number of hydrogen-bond acceptors (Lipinski definition) is 3. The lowest BCUT2D eigenvalue weighted by Gasteiger charge is -2.34. The standard InChI is InChI=1S/C18H30N4O.HI/c1-14(2)21-18(19)20-13-16(22-11-7-4-8-12-22)15-9-5-6-10-17(15)23-3;/h5-6,9-10,14,16H,4,7-8,11-13H2,1-3H3,(H3,19,20,21);1H. The van der Waals surface area contributed by atoms with E-state index in [1.165, 1.54) is 24.8 Å². The second-order valence-electron chi connectivity index (χ2n) is 6.38. The summed E-state index contributed by atoms with van der Waals surface area (Å²) in [6.07, 6.45) is 3.81. The van der Waals surface area contributed by atoms with Gasteiger partial charge in [-0.1, -0.05) is 24.6 Å². The molecular weight excluding hydrogens is 415 g/mol. The molecule has 1 aromatic carbocycles. The maximum Gasteiger partial charge on any atom is 0.188 e. The molecule has 136 valence electrons. The van der Waals surface area contributed by atoms with Gasteiger partial charge in [-0.05, 0) is 45.8 Å². The van der Waals surface area contributed by atoms with Crippen LogP contribution in [0.5, 0.6) is 5.75 Å². The number of aliphatic imine (C=N–C) groups is 1. The molecule has 1 saturated heterocycles. The van der Waals surface area contributed by atoms with Crippen LogP contribution in [0.1, 0.15) is 44.7 Å². The predicted octanol–water partition coefficient (Wildman–Crippen LogP) is 3.15. The second kappa shape index (κ2) is 10.8. The Bertz CT molecular complexity index is 515. The quantitative estimate of drug-likeness (QED) is 0.401. The normalized spacial score (nSPS) is 17.2. The minimum absolute atomic E-state index is 0. The van der Waals surface area contributed by atoms with Gasteiger partial charge < -0.3 is 15.8 Å². The van der Waals surface area contributed by atoms with E-state index in [0.717, 1.165) is 18.8 Å². The summed E-state index contributed by atoms with van der Waals surface area (Å²) in [5.41, 5.74) is 7.18. The number of guanidine groups is 1. The summed E-state index contributed by atoms with van der Waals surface area (Å²) in [4.78, 5) is 7.09. The van der Waals surface area contributed by atoms with E-state index in [1.807, 2.05) is 12.1 Å². The van der Waals surface area contributed by atoms with Gasteiger partial charge in [-0.3, -0.25) is 9.89 Å². The molecule has 0 saturated carbocycles. The Morgan fingerprint density at radius 1 is 1.25 bits per heavy atom. The van der Waals surface area contributed by atoms with E-state index in [0.29, 0.717) is 18.5 Å². The van der Waals surface area contributed by atoms with Crippen LogP contribution in [0, 0.1) is 0 Å². The van der Waals surface area contributed by atoms with Crippen LogP contribution in [0.2, 0.25) is 0 Å². The molecule has 1 atom stereocenters. The first-order valence-electron chi connectivity index (χ1n) is 8.55. The Morgan fingerprint density at radius 2 is 1.92 bits per heavy atom. The fraction of sp³-hybridized carbons (Fsp3) is 0.611. The minimum Gasteiger partial charge on any atom is -0.496 e. The number of hydrogen-bond donors (Lipinski definition) is 2. The molecule has 5 nitrogen and oxygen atoms in total. The fourth-order valence-electron chi connectivity index (χ4n) is 3.11.